The van der Waals surface area contributed by atoms with Crippen molar-refractivity contribution in [1.29, 1.82) is 0 Å². The number of carbonyl (C=O) groups is 2. The molecular formula is C18H23N5O3. The maximum atomic E-state index is 12.6. The quantitative estimate of drug-likeness (QED) is 0.889. The number of nitrogens with one attached hydrogen (secondary N) is 1. The van der Waals surface area contributed by atoms with Gasteiger partial charge in [-0.2, -0.15) is 5.10 Å². The van der Waals surface area contributed by atoms with Crippen LogP contribution in [0, 0.1) is 0 Å². The number of carbonyl (C=O) groups excluding carboxylic acids is 2. The fourth-order valence-electron chi connectivity index (χ4n) is 2.67. The third-order valence-corrected chi connectivity index (χ3v) is 3.95. The highest BCUT2D eigenvalue weighted by atomic mass is 16.6. The predicted molar refractivity (Wildman–Crippen MR) is 95.5 cm³/mol. The lowest BCUT2D eigenvalue weighted by molar-refractivity contribution is 0.0140. The van der Waals surface area contributed by atoms with Crippen LogP contribution < -0.4 is 0 Å². The topological polar surface area (TPSA) is 91.4 Å². The van der Waals surface area contributed by atoms with Gasteiger partial charge in [0.05, 0.1) is 5.69 Å². The van der Waals surface area contributed by atoms with Crippen molar-refractivity contribution in [3.63, 3.8) is 0 Å². The van der Waals surface area contributed by atoms with Gasteiger partial charge in [0.15, 0.2) is 0 Å². The molecule has 2 aromatic heterocycles. The van der Waals surface area contributed by atoms with Gasteiger partial charge in [-0.25, -0.2) is 4.79 Å². The highest BCUT2D eigenvalue weighted by Gasteiger charge is 2.28. The summed E-state index contributed by atoms with van der Waals surface area (Å²) in [5.74, 6) is -0.136. The first-order valence-electron chi connectivity index (χ1n) is 8.57. The molecule has 2 aromatic rings. The lowest BCUT2D eigenvalue weighted by atomic mass is 10.2. The van der Waals surface area contributed by atoms with E-state index in [9.17, 15) is 9.59 Å². The van der Waals surface area contributed by atoms with E-state index in [4.69, 9.17) is 4.74 Å². The van der Waals surface area contributed by atoms with Gasteiger partial charge in [0.2, 0.25) is 0 Å². The van der Waals surface area contributed by atoms with Crippen molar-refractivity contribution in [1.82, 2.24) is 25.0 Å². The Morgan fingerprint density at radius 1 is 1.08 bits per heavy atom. The summed E-state index contributed by atoms with van der Waals surface area (Å²) >= 11 is 0. The molecule has 0 spiro atoms. The summed E-state index contributed by atoms with van der Waals surface area (Å²) in [6.07, 6.45) is 1.34. The molecule has 3 rings (SSSR count). The van der Waals surface area contributed by atoms with Crippen molar-refractivity contribution in [2.45, 2.75) is 26.4 Å². The molecule has 0 atom stereocenters. The summed E-state index contributed by atoms with van der Waals surface area (Å²) in [6, 6.07) is 7.23. The van der Waals surface area contributed by atoms with E-state index in [1.807, 2.05) is 39.0 Å². The van der Waals surface area contributed by atoms with Crippen molar-refractivity contribution in [2.24, 2.45) is 0 Å². The van der Waals surface area contributed by atoms with Crippen LogP contribution >= 0.6 is 0 Å². The molecule has 8 heteroatoms. The van der Waals surface area contributed by atoms with Crippen LogP contribution in [0.15, 0.2) is 30.5 Å². The molecule has 1 aliphatic rings. The molecule has 3 heterocycles. The van der Waals surface area contributed by atoms with Crippen LogP contribution in [0.2, 0.25) is 0 Å². The molecule has 0 bridgehead atoms. The van der Waals surface area contributed by atoms with Gasteiger partial charge >= 0.3 is 6.09 Å². The van der Waals surface area contributed by atoms with Gasteiger partial charge in [-0.15, -0.1) is 0 Å². The number of pyridine rings is 1. The first-order chi connectivity index (χ1) is 12.3. The van der Waals surface area contributed by atoms with Crippen molar-refractivity contribution in [3.05, 3.63) is 36.2 Å². The second-order valence-electron chi connectivity index (χ2n) is 7.14. The number of nitrogens with zero attached hydrogens (tertiary/aromatic N) is 4. The Balaban J connectivity index is 1.59. The second-order valence-corrected chi connectivity index (χ2v) is 7.14. The largest absolute Gasteiger partial charge is 0.444 e. The molecule has 1 aliphatic heterocycles. The summed E-state index contributed by atoms with van der Waals surface area (Å²) in [5.41, 5.74) is 1.22. The SMILES string of the molecule is CC(C)(C)OC(=O)N1CCN(C(=O)c2cc(-c3ccccn3)n[nH]2)CC1. The maximum absolute atomic E-state index is 12.6. The number of rotatable bonds is 2. The molecule has 138 valence electrons. The average molecular weight is 357 g/mol. The summed E-state index contributed by atoms with van der Waals surface area (Å²) < 4.78 is 5.37. The van der Waals surface area contributed by atoms with Crippen LogP contribution in [-0.2, 0) is 4.74 Å². The smallest absolute Gasteiger partial charge is 0.410 e. The average Bonchev–Trinajstić information content (AvgIpc) is 3.11. The van der Waals surface area contributed by atoms with Crippen LogP contribution in [0.5, 0.6) is 0 Å². The first kappa shape index (κ1) is 17.9. The van der Waals surface area contributed by atoms with Crippen LogP contribution in [0.25, 0.3) is 11.4 Å². The molecule has 26 heavy (non-hydrogen) atoms. The maximum Gasteiger partial charge on any atom is 0.410 e. The fraction of sp³-hybridized carbons (Fsp3) is 0.444. The van der Waals surface area contributed by atoms with E-state index >= 15 is 0 Å². The monoisotopic (exact) mass is 357 g/mol. The van der Waals surface area contributed by atoms with Gasteiger partial charge < -0.3 is 14.5 Å². The van der Waals surface area contributed by atoms with Crippen molar-refractivity contribution < 1.29 is 14.3 Å². The minimum Gasteiger partial charge on any atom is -0.444 e. The number of hydrogen-bond acceptors (Lipinski definition) is 5. The molecule has 2 amide bonds. The van der Waals surface area contributed by atoms with E-state index in [1.165, 1.54) is 0 Å². The summed E-state index contributed by atoms with van der Waals surface area (Å²) in [4.78, 5) is 32.3. The predicted octanol–water partition coefficient (Wildman–Crippen LogP) is 2.16. The summed E-state index contributed by atoms with van der Waals surface area (Å²) in [6.45, 7) is 7.31. The molecule has 0 unspecified atom stereocenters. The zero-order valence-corrected chi connectivity index (χ0v) is 15.2. The van der Waals surface area contributed by atoms with Crippen LogP contribution in [-0.4, -0.2) is 68.8 Å². The van der Waals surface area contributed by atoms with Gasteiger partial charge in [-0.1, -0.05) is 6.07 Å². The van der Waals surface area contributed by atoms with E-state index in [0.29, 0.717) is 43.3 Å². The molecule has 1 N–H and O–H groups in total. The number of piperazine rings is 1. The Morgan fingerprint density at radius 2 is 1.77 bits per heavy atom. The van der Waals surface area contributed by atoms with Crippen LogP contribution in [0.3, 0.4) is 0 Å². The summed E-state index contributed by atoms with van der Waals surface area (Å²) in [7, 11) is 0. The minimum absolute atomic E-state index is 0.136. The van der Waals surface area contributed by atoms with Gasteiger partial charge in [-0.3, -0.25) is 14.9 Å². The zero-order chi connectivity index (χ0) is 18.7. The van der Waals surface area contributed by atoms with E-state index in [0.717, 1.165) is 0 Å². The molecule has 8 nitrogen and oxygen atoms in total. The minimum atomic E-state index is -0.526. The van der Waals surface area contributed by atoms with Gasteiger partial charge in [0.1, 0.15) is 17.0 Å². The lowest BCUT2D eigenvalue weighted by Gasteiger charge is -2.35. The van der Waals surface area contributed by atoms with Gasteiger partial charge in [0.25, 0.3) is 5.91 Å². The fourth-order valence-corrected chi connectivity index (χ4v) is 2.67. The molecule has 0 aromatic carbocycles. The highest BCUT2D eigenvalue weighted by Crippen LogP contribution is 2.17. The Kier molecular flexibility index (Phi) is 4.92. The molecule has 0 saturated carbocycles. The normalized spacial score (nSPS) is 15.0. The first-order valence-corrected chi connectivity index (χ1v) is 8.57. The highest BCUT2D eigenvalue weighted by molar-refractivity contribution is 5.93. The standard InChI is InChI=1S/C18H23N5O3/c1-18(2,3)26-17(25)23-10-8-22(9-11-23)16(24)15-12-14(20-21-15)13-6-4-5-7-19-13/h4-7,12H,8-11H2,1-3H3,(H,20,21). The number of H-pyrrole nitrogens is 1. The van der Waals surface area contributed by atoms with E-state index < -0.39 is 5.60 Å². The molecular weight excluding hydrogens is 334 g/mol. The Bertz CT molecular complexity index is 774. The van der Waals surface area contributed by atoms with E-state index in [2.05, 4.69) is 15.2 Å². The molecule has 1 saturated heterocycles. The number of hydrogen-bond donors (Lipinski definition) is 1. The Morgan fingerprint density at radius 3 is 2.38 bits per heavy atom. The molecule has 0 radical (unpaired) electrons. The van der Waals surface area contributed by atoms with Crippen molar-refractivity contribution in [2.75, 3.05) is 26.2 Å². The summed E-state index contributed by atoms with van der Waals surface area (Å²) in [5, 5.41) is 6.95. The number of amides is 2. The zero-order valence-electron chi connectivity index (χ0n) is 15.2. The number of ether oxygens (including phenoxy) is 1. The van der Waals surface area contributed by atoms with E-state index in [1.54, 1.807) is 22.1 Å². The third kappa shape index (κ3) is 4.19. The number of aromatic nitrogens is 3. The van der Waals surface area contributed by atoms with Crippen molar-refractivity contribution >= 4 is 12.0 Å². The Labute approximate surface area is 152 Å². The number of aromatic amines is 1. The van der Waals surface area contributed by atoms with E-state index in [-0.39, 0.29) is 12.0 Å². The van der Waals surface area contributed by atoms with Crippen molar-refractivity contribution in [3.8, 4) is 11.4 Å². The van der Waals surface area contributed by atoms with Gasteiger partial charge in [0, 0.05) is 32.4 Å². The molecule has 1 fully saturated rings. The Hall–Kier alpha value is -2.90. The second kappa shape index (κ2) is 7.15. The van der Waals surface area contributed by atoms with Gasteiger partial charge in [-0.05, 0) is 39.0 Å². The third-order valence-electron chi connectivity index (χ3n) is 3.95. The lowest BCUT2D eigenvalue weighted by Crippen LogP contribution is -2.51. The molecule has 0 aliphatic carbocycles. The van der Waals surface area contributed by atoms with Crippen LogP contribution in [0.4, 0.5) is 4.79 Å². The van der Waals surface area contributed by atoms with Crippen LogP contribution in [0.1, 0.15) is 31.3 Å².